The van der Waals surface area contributed by atoms with Gasteiger partial charge in [0.25, 0.3) is 5.91 Å². The van der Waals surface area contributed by atoms with Gasteiger partial charge in [-0.3, -0.25) is 4.79 Å². The summed E-state index contributed by atoms with van der Waals surface area (Å²) in [6.45, 7) is 5.42. The van der Waals surface area contributed by atoms with Crippen molar-refractivity contribution in [3.05, 3.63) is 34.9 Å². The number of nitrogens with one attached hydrogen (secondary N) is 1. The van der Waals surface area contributed by atoms with Gasteiger partial charge in [0, 0.05) is 17.2 Å². The second-order valence-corrected chi connectivity index (χ2v) is 5.82. The van der Waals surface area contributed by atoms with Crippen molar-refractivity contribution in [3.63, 3.8) is 0 Å². The van der Waals surface area contributed by atoms with Gasteiger partial charge in [0.1, 0.15) is 5.75 Å². The molecule has 0 atom stereocenters. The summed E-state index contributed by atoms with van der Waals surface area (Å²) in [6.07, 6.45) is 2.30. The van der Waals surface area contributed by atoms with E-state index in [0.29, 0.717) is 16.3 Å². The highest BCUT2D eigenvalue weighted by atomic mass is 35.5. The number of halogens is 1. The van der Waals surface area contributed by atoms with Gasteiger partial charge in [-0.25, -0.2) is 4.79 Å². The Labute approximate surface area is 128 Å². The molecule has 0 heterocycles. The molecule has 0 unspecified atom stereocenters. The van der Waals surface area contributed by atoms with Crippen molar-refractivity contribution < 1.29 is 19.4 Å². The van der Waals surface area contributed by atoms with E-state index in [2.05, 4.69) is 5.32 Å². The topological polar surface area (TPSA) is 75.6 Å². The van der Waals surface area contributed by atoms with Gasteiger partial charge >= 0.3 is 5.97 Å². The fourth-order valence-corrected chi connectivity index (χ4v) is 1.79. The van der Waals surface area contributed by atoms with Gasteiger partial charge in [0.2, 0.25) is 0 Å². The maximum Gasteiger partial charge on any atom is 0.328 e. The van der Waals surface area contributed by atoms with Gasteiger partial charge in [0.15, 0.2) is 6.61 Å². The Morgan fingerprint density at radius 1 is 1.38 bits per heavy atom. The van der Waals surface area contributed by atoms with E-state index >= 15 is 0 Å². The Morgan fingerprint density at radius 2 is 2.05 bits per heavy atom. The molecule has 5 nitrogen and oxygen atoms in total. The monoisotopic (exact) mass is 311 g/mol. The van der Waals surface area contributed by atoms with Crippen molar-refractivity contribution in [1.82, 2.24) is 5.32 Å². The zero-order valence-corrected chi connectivity index (χ0v) is 12.9. The van der Waals surface area contributed by atoms with Crippen molar-refractivity contribution in [2.24, 2.45) is 0 Å². The number of carboxylic acids is 1. The number of ether oxygens (including phenoxy) is 1. The molecule has 0 aliphatic heterocycles. The molecule has 1 amide bonds. The second kappa shape index (κ2) is 7.13. The summed E-state index contributed by atoms with van der Waals surface area (Å²) in [5.74, 6) is -1.01. The molecule has 1 rings (SSSR count). The molecule has 1 aromatic rings. The Bertz CT molecular complexity index is 561. The van der Waals surface area contributed by atoms with E-state index in [-0.39, 0.29) is 18.1 Å². The van der Waals surface area contributed by atoms with Crippen LogP contribution in [0.3, 0.4) is 0 Å². The molecule has 0 aliphatic carbocycles. The van der Waals surface area contributed by atoms with Crippen molar-refractivity contribution in [2.45, 2.75) is 26.3 Å². The molecule has 0 aromatic heterocycles. The van der Waals surface area contributed by atoms with E-state index in [1.807, 2.05) is 20.8 Å². The van der Waals surface area contributed by atoms with Crippen LogP contribution in [-0.4, -0.2) is 29.1 Å². The lowest BCUT2D eigenvalue weighted by Gasteiger charge is -2.20. The summed E-state index contributed by atoms with van der Waals surface area (Å²) in [5.41, 5.74) is 0.0750. The molecule has 21 heavy (non-hydrogen) atoms. The highest BCUT2D eigenvalue weighted by molar-refractivity contribution is 6.32. The van der Waals surface area contributed by atoms with E-state index < -0.39 is 5.97 Å². The molecular weight excluding hydrogens is 294 g/mol. The zero-order chi connectivity index (χ0) is 16.0. The van der Waals surface area contributed by atoms with Crippen LogP contribution in [0.1, 0.15) is 26.3 Å². The van der Waals surface area contributed by atoms with E-state index in [1.165, 1.54) is 6.08 Å². The van der Waals surface area contributed by atoms with Crippen LogP contribution in [-0.2, 0) is 9.59 Å². The summed E-state index contributed by atoms with van der Waals surface area (Å²) >= 11 is 6.01. The molecule has 114 valence electrons. The summed E-state index contributed by atoms with van der Waals surface area (Å²) in [5, 5.41) is 11.8. The molecule has 0 spiro atoms. The number of hydrogen-bond donors (Lipinski definition) is 2. The molecule has 0 saturated heterocycles. The third-order valence-corrected chi connectivity index (χ3v) is 2.61. The van der Waals surface area contributed by atoms with Crippen molar-refractivity contribution >= 4 is 29.6 Å². The molecule has 0 saturated carbocycles. The fourth-order valence-electron chi connectivity index (χ4n) is 1.56. The first-order valence-corrected chi connectivity index (χ1v) is 6.70. The summed E-state index contributed by atoms with van der Waals surface area (Å²) < 4.78 is 5.42. The Balaban J connectivity index is 2.82. The first-order chi connectivity index (χ1) is 9.69. The fraction of sp³-hybridized carbons (Fsp3) is 0.333. The number of carbonyl (C=O) groups excluding carboxylic acids is 1. The standard InChI is InChI=1S/C15H18ClNO4/c1-15(2,3)17-13(18)9-21-12-6-4-5-11(16)10(12)7-8-14(19)20/h4-8H,9H2,1-3H3,(H,17,18)(H,19,20)/b8-7+. The third-order valence-electron chi connectivity index (χ3n) is 2.28. The van der Waals surface area contributed by atoms with Crippen LogP contribution in [0.15, 0.2) is 24.3 Å². The zero-order valence-electron chi connectivity index (χ0n) is 12.1. The Morgan fingerprint density at radius 3 is 2.62 bits per heavy atom. The lowest BCUT2D eigenvalue weighted by atomic mass is 10.1. The number of aliphatic carboxylic acids is 1. The quantitative estimate of drug-likeness (QED) is 0.820. The number of benzene rings is 1. The molecule has 0 aliphatic rings. The van der Waals surface area contributed by atoms with Crippen molar-refractivity contribution in [3.8, 4) is 5.75 Å². The van der Waals surface area contributed by atoms with Crippen LogP contribution >= 0.6 is 11.6 Å². The summed E-state index contributed by atoms with van der Waals surface area (Å²) in [4.78, 5) is 22.3. The average Bonchev–Trinajstić information content (AvgIpc) is 2.32. The van der Waals surface area contributed by atoms with Gasteiger partial charge < -0.3 is 15.2 Å². The molecule has 6 heteroatoms. The maximum atomic E-state index is 11.7. The van der Waals surface area contributed by atoms with Gasteiger partial charge in [-0.1, -0.05) is 17.7 Å². The van der Waals surface area contributed by atoms with Crippen LogP contribution in [0.25, 0.3) is 6.08 Å². The summed E-state index contributed by atoms with van der Waals surface area (Å²) in [6, 6.07) is 4.90. The molecule has 0 radical (unpaired) electrons. The predicted molar refractivity (Wildman–Crippen MR) is 81.5 cm³/mol. The summed E-state index contributed by atoms with van der Waals surface area (Å²) in [7, 11) is 0. The minimum atomic E-state index is -1.09. The number of rotatable bonds is 5. The van der Waals surface area contributed by atoms with Crippen molar-refractivity contribution in [1.29, 1.82) is 0 Å². The lowest BCUT2D eigenvalue weighted by Crippen LogP contribution is -2.43. The minimum absolute atomic E-state index is 0.175. The average molecular weight is 312 g/mol. The SMILES string of the molecule is CC(C)(C)NC(=O)COc1cccc(Cl)c1/C=C/C(=O)O. The van der Waals surface area contributed by atoms with Gasteiger partial charge in [-0.15, -0.1) is 0 Å². The highest BCUT2D eigenvalue weighted by Gasteiger charge is 2.15. The molecular formula is C15H18ClNO4. The number of carboxylic acid groups (broad SMARTS) is 1. The molecule has 2 N–H and O–H groups in total. The van der Waals surface area contributed by atoms with Gasteiger partial charge in [-0.05, 0) is 39.0 Å². The van der Waals surface area contributed by atoms with Crippen molar-refractivity contribution in [2.75, 3.05) is 6.61 Å². The normalized spacial score (nSPS) is 11.4. The second-order valence-electron chi connectivity index (χ2n) is 5.41. The third kappa shape index (κ3) is 6.31. The van der Waals surface area contributed by atoms with E-state index in [1.54, 1.807) is 18.2 Å². The molecule has 0 fully saturated rings. The first-order valence-electron chi connectivity index (χ1n) is 6.32. The van der Waals surface area contributed by atoms with Gasteiger partial charge in [0.05, 0.1) is 5.02 Å². The number of hydrogen-bond acceptors (Lipinski definition) is 3. The van der Waals surface area contributed by atoms with Crippen LogP contribution in [0.2, 0.25) is 5.02 Å². The van der Waals surface area contributed by atoms with Gasteiger partial charge in [-0.2, -0.15) is 0 Å². The number of carbonyl (C=O) groups is 2. The van der Waals surface area contributed by atoms with Crippen LogP contribution in [0, 0.1) is 0 Å². The molecule has 0 bridgehead atoms. The minimum Gasteiger partial charge on any atom is -0.483 e. The van der Waals surface area contributed by atoms with Crippen LogP contribution in [0.5, 0.6) is 5.75 Å². The van der Waals surface area contributed by atoms with Crippen LogP contribution in [0.4, 0.5) is 0 Å². The van der Waals surface area contributed by atoms with E-state index in [4.69, 9.17) is 21.4 Å². The van der Waals surface area contributed by atoms with E-state index in [9.17, 15) is 9.59 Å². The Hall–Kier alpha value is -2.01. The smallest absolute Gasteiger partial charge is 0.328 e. The number of amides is 1. The predicted octanol–water partition coefficient (Wildman–Crippen LogP) is 2.73. The first kappa shape index (κ1) is 17.0. The maximum absolute atomic E-state index is 11.7. The highest BCUT2D eigenvalue weighted by Crippen LogP contribution is 2.27. The van der Waals surface area contributed by atoms with E-state index in [0.717, 1.165) is 6.08 Å². The Kier molecular flexibility index (Phi) is 5.79. The lowest BCUT2D eigenvalue weighted by molar-refractivity contribution is -0.131. The molecule has 1 aromatic carbocycles. The largest absolute Gasteiger partial charge is 0.483 e. The van der Waals surface area contributed by atoms with Crippen LogP contribution < -0.4 is 10.1 Å².